The van der Waals surface area contributed by atoms with Crippen LogP contribution in [0.15, 0.2) is 66.7 Å². The van der Waals surface area contributed by atoms with Crippen molar-refractivity contribution in [2.45, 2.75) is 25.5 Å². The van der Waals surface area contributed by atoms with Crippen LogP contribution in [-0.4, -0.2) is 18.4 Å². The fourth-order valence-electron chi connectivity index (χ4n) is 3.50. The highest BCUT2D eigenvalue weighted by molar-refractivity contribution is 5.99. The van der Waals surface area contributed by atoms with Crippen LogP contribution in [0.1, 0.15) is 35.3 Å². The van der Waals surface area contributed by atoms with Crippen molar-refractivity contribution in [3.05, 3.63) is 77.9 Å². The number of para-hydroxylation sites is 1. The molecule has 0 saturated heterocycles. The van der Waals surface area contributed by atoms with Crippen LogP contribution in [0.25, 0.3) is 10.8 Å². The number of carbonyl (C=O) groups excluding carboxylic acids is 1. The van der Waals surface area contributed by atoms with Gasteiger partial charge in [0.25, 0.3) is 0 Å². The van der Waals surface area contributed by atoms with Crippen molar-refractivity contribution >= 4 is 29.0 Å². The topological polar surface area (TPSA) is 38.3 Å². The third-order valence-electron chi connectivity index (χ3n) is 4.84. The molecule has 4 rings (SSSR count). The quantitative estimate of drug-likeness (QED) is 0.709. The van der Waals surface area contributed by atoms with Gasteiger partial charge in [-0.15, -0.1) is 12.4 Å². The van der Waals surface area contributed by atoms with Crippen molar-refractivity contribution in [3.63, 3.8) is 0 Å². The molecule has 2 atom stereocenters. The lowest BCUT2D eigenvalue weighted by Crippen LogP contribution is -2.37. The van der Waals surface area contributed by atoms with Crippen molar-refractivity contribution in [3.8, 4) is 5.75 Å². The molecule has 4 heteroatoms. The minimum atomic E-state index is -0.125. The Bertz CT molecular complexity index is 919. The summed E-state index contributed by atoms with van der Waals surface area (Å²) in [6.45, 7) is 2.80. The standard InChI is InChI=1S/C22H21NO2.ClH/c1-15(18-11-6-8-16-7-2-3-9-19(16)18)23-14-17-13-21(24)20-10-4-5-12-22(20)25-17;/h2-12,15,17,23H,13-14H2,1H3;1H/t15?,17-;/m1./s1. The molecule has 1 heterocycles. The molecule has 3 aromatic carbocycles. The first-order valence-electron chi connectivity index (χ1n) is 8.72. The van der Waals surface area contributed by atoms with Crippen molar-refractivity contribution in [1.82, 2.24) is 5.32 Å². The maximum atomic E-state index is 12.3. The smallest absolute Gasteiger partial charge is 0.170 e. The van der Waals surface area contributed by atoms with Gasteiger partial charge in [0, 0.05) is 19.0 Å². The van der Waals surface area contributed by atoms with Crippen molar-refractivity contribution in [1.29, 1.82) is 0 Å². The maximum Gasteiger partial charge on any atom is 0.170 e. The number of nitrogens with one attached hydrogen (secondary N) is 1. The van der Waals surface area contributed by atoms with Crippen LogP contribution in [-0.2, 0) is 0 Å². The predicted molar refractivity (Wildman–Crippen MR) is 107 cm³/mol. The third kappa shape index (κ3) is 3.59. The largest absolute Gasteiger partial charge is 0.488 e. The minimum absolute atomic E-state index is 0. The van der Waals surface area contributed by atoms with E-state index < -0.39 is 0 Å². The molecular formula is C22H22ClNO2. The fourth-order valence-corrected chi connectivity index (χ4v) is 3.50. The number of hydrogen-bond donors (Lipinski definition) is 1. The van der Waals surface area contributed by atoms with Gasteiger partial charge in [-0.05, 0) is 35.4 Å². The van der Waals surface area contributed by atoms with Crippen LogP contribution in [0, 0.1) is 0 Å². The van der Waals surface area contributed by atoms with Gasteiger partial charge in [0.05, 0.1) is 5.56 Å². The highest BCUT2D eigenvalue weighted by Gasteiger charge is 2.26. The first-order chi connectivity index (χ1) is 12.2. The molecule has 134 valence electrons. The molecule has 1 aliphatic heterocycles. The van der Waals surface area contributed by atoms with E-state index in [1.165, 1.54) is 16.3 Å². The number of Topliss-reactive ketones (excluding diaryl/α,β-unsaturated/α-hetero) is 1. The van der Waals surface area contributed by atoms with E-state index in [2.05, 4.69) is 54.7 Å². The van der Waals surface area contributed by atoms with Crippen LogP contribution in [0.3, 0.4) is 0 Å². The summed E-state index contributed by atoms with van der Waals surface area (Å²) in [5.41, 5.74) is 1.96. The molecule has 26 heavy (non-hydrogen) atoms. The lowest BCUT2D eigenvalue weighted by molar-refractivity contribution is 0.0846. The Morgan fingerprint density at radius 1 is 1.04 bits per heavy atom. The number of hydrogen-bond acceptors (Lipinski definition) is 3. The zero-order valence-corrected chi connectivity index (χ0v) is 15.5. The van der Waals surface area contributed by atoms with Gasteiger partial charge >= 0.3 is 0 Å². The lowest BCUT2D eigenvalue weighted by Gasteiger charge is -2.27. The molecule has 0 saturated carbocycles. The van der Waals surface area contributed by atoms with Crippen LogP contribution >= 0.6 is 12.4 Å². The Kier molecular flexibility index (Phi) is 5.60. The minimum Gasteiger partial charge on any atom is -0.488 e. The van der Waals surface area contributed by atoms with Gasteiger partial charge in [0.15, 0.2) is 5.78 Å². The zero-order valence-electron chi connectivity index (χ0n) is 14.6. The van der Waals surface area contributed by atoms with E-state index in [4.69, 9.17) is 4.74 Å². The Hall–Kier alpha value is -2.36. The van der Waals surface area contributed by atoms with Gasteiger partial charge in [0.1, 0.15) is 11.9 Å². The second kappa shape index (κ2) is 7.90. The second-order valence-corrected chi connectivity index (χ2v) is 6.56. The average molecular weight is 368 g/mol. The SMILES string of the molecule is CC(NC[C@H]1CC(=O)c2ccccc2O1)c1cccc2ccccc12.Cl. The normalized spacial score (nSPS) is 17.1. The van der Waals surface area contributed by atoms with E-state index >= 15 is 0 Å². The number of ketones is 1. The molecule has 1 aliphatic rings. The summed E-state index contributed by atoms with van der Waals surface area (Å²) in [6.07, 6.45) is 0.298. The van der Waals surface area contributed by atoms with E-state index in [9.17, 15) is 4.79 Å². The number of halogens is 1. The molecule has 0 radical (unpaired) electrons. The summed E-state index contributed by atoms with van der Waals surface area (Å²) in [5.74, 6) is 0.856. The van der Waals surface area contributed by atoms with Gasteiger partial charge in [-0.1, -0.05) is 54.6 Å². The Morgan fingerprint density at radius 3 is 2.65 bits per heavy atom. The van der Waals surface area contributed by atoms with Gasteiger partial charge in [0.2, 0.25) is 0 Å². The summed E-state index contributed by atoms with van der Waals surface area (Å²) in [4.78, 5) is 12.3. The van der Waals surface area contributed by atoms with Crippen LogP contribution in [0.4, 0.5) is 0 Å². The van der Waals surface area contributed by atoms with E-state index in [1.54, 1.807) is 0 Å². The van der Waals surface area contributed by atoms with E-state index in [0.717, 1.165) is 0 Å². The summed E-state index contributed by atoms with van der Waals surface area (Å²) in [6, 6.07) is 22.4. The lowest BCUT2D eigenvalue weighted by atomic mass is 9.98. The van der Waals surface area contributed by atoms with Crippen molar-refractivity contribution < 1.29 is 9.53 Å². The van der Waals surface area contributed by atoms with Crippen molar-refractivity contribution in [2.75, 3.05) is 6.54 Å². The Balaban J connectivity index is 0.00000196. The van der Waals surface area contributed by atoms with Crippen LogP contribution in [0.2, 0.25) is 0 Å². The average Bonchev–Trinajstić information content (AvgIpc) is 2.66. The van der Waals surface area contributed by atoms with E-state index in [0.29, 0.717) is 24.3 Å². The highest BCUT2D eigenvalue weighted by atomic mass is 35.5. The van der Waals surface area contributed by atoms with E-state index in [1.807, 2.05) is 24.3 Å². The Labute approximate surface area is 159 Å². The predicted octanol–water partition coefficient (Wildman–Crippen LogP) is 4.95. The summed E-state index contributed by atoms with van der Waals surface area (Å²) in [7, 11) is 0. The van der Waals surface area contributed by atoms with Crippen molar-refractivity contribution in [2.24, 2.45) is 0 Å². The molecular weight excluding hydrogens is 346 g/mol. The molecule has 0 amide bonds. The molecule has 3 nitrogen and oxygen atoms in total. The molecule has 0 spiro atoms. The van der Waals surface area contributed by atoms with Gasteiger partial charge in [-0.25, -0.2) is 0 Å². The van der Waals surface area contributed by atoms with Crippen LogP contribution < -0.4 is 10.1 Å². The number of ether oxygens (including phenoxy) is 1. The molecule has 0 aromatic heterocycles. The zero-order chi connectivity index (χ0) is 17.2. The first-order valence-corrected chi connectivity index (χ1v) is 8.72. The second-order valence-electron chi connectivity index (χ2n) is 6.56. The fraction of sp³-hybridized carbons (Fsp3) is 0.227. The number of carbonyl (C=O) groups is 1. The molecule has 0 aliphatic carbocycles. The van der Waals surface area contributed by atoms with Gasteiger partial charge < -0.3 is 10.1 Å². The van der Waals surface area contributed by atoms with E-state index in [-0.39, 0.29) is 30.3 Å². The number of benzene rings is 3. The number of fused-ring (bicyclic) bond motifs is 2. The van der Waals surface area contributed by atoms with Gasteiger partial charge in [-0.3, -0.25) is 4.79 Å². The molecule has 1 unspecified atom stereocenters. The molecule has 0 fully saturated rings. The third-order valence-corrected chi connectivity index (χ3v) is 4.84. The van der Waals surface area contributed by atoms with Gasteiger partial charge in [-0.2, -0.15) is 0 Å². The first kappa shape index (κ1) is 18.4. The maximum absolute atomic E-state index is 12.3. The Morgan fingerprint density at radius 2 is 1.77 bits per heavy atom. The summed E-state index contributed by atoms with van der Waals surface area (Å²) >= 11 is 0. The monoisotopic (exact) mass is 367 g/mol. The number of rotatable bonds is 4. The molecule has 3 aromatic rings. The molecule has 1 N–H and O–H groups in total. The summed E-state index contributed by atoms with van der Waals surface area (Å²) in [5, 5.41) is 6.04. The summed E-state index contributed by atoms with van der Waals surface area (Å²) < 4.78 is 5.99. The highest BCUT2D eigenvalue weighted by Crippen LogP contribution is 2.28. The molecule has 0 bridgehead atoms. The van der Waals surface area contributed by atoms with Crippen LogP contribution in [0.5, 0.6) is 5.75 Å².